The fraction of sp³-hybridized carbons (Fsp3) is 0.375. The third-order valence-corrected chi connectivity index (χ3v) is 5.51. The number of benzene rings is 1. The van der Waals surface area contributed by atoms with Crippen molar-refractivity contribution < 1.29 is 14.6 Å². The van der Waals surface area contributed by atoms with Crippen LogP contribution in [-0.4, -0.2) is 22.7 Å². The lowest BCUT2D eigenvalue weighted by molar-refractivity contribution is -0.148. The van der Waals surface area contributed by atoms with E-state index in [2.05, 4.69) is 0 Å². The molecule has 0 bridgehead atoms. The number of thiazole rings is 1. The number of halogens is 1. The summed E-state index contributed by atoms with van der Waals surface area (Å²) in [5.41, 5.74) is 1.20. The van der Waals surface area contributed by atoms with Gasteiger partial charge < -0.3 is 9.84 Å². The summed E-state index contributed by atoms with van der Waals surface area (Å²) in [5, 5.41) is 10.8. The van der Waals surface area contributed by atoms with Crippen LogP contribution in [0.25, 0.3) is 10.6 Å². The van der Waals surface area contributed by atoms with Crippen LogP contribution >= 0.6 is 22.9 Å². The third kappa shape index (κ3) is 2.76. The van der Waals surface area contributed by atoms with Gasteiger partial charge in [0.15, 0.2) is 0 Å². The summed E-state index contributed by atoms with van der Waals surface area (Å²) < 4.78 is 5.89. The molecule has 6 heteroatoms. The van der Waals surface area contributed by atoms with Crippen LogP contribution in [0.3, 0.4) is 0 Å². The molecule has 0 fully saturated rings. The van der Waals surface area contributed by atoms with E-state index in [0.29, 0.717) is 18.1 Å². The Bertz CT molecular complexity index is 698. The SMILES string of the molecule is CCC1(CC(=O)O)OCCc2nc(-c3ccc(Cl)cc3)sc21. The summed E-state index contributed by atoms with van der Waals surface area (Å²) >= 11 is 7.45. The lowest BCUT2D eigenvalue weighted by Gasteiger charge is -2.34. The van der Waals surface area contributed by atoms with Gasteiger partial charge in [0, 0.05) is 17.0 Å². The van der Waals surface area contributed by atoms with Crippen LogP contribution in [-0.2, 0) is 21.6 Å². The smallest absolute Gasteiger partial charge is 0.306 e. The molecule has 1 atom stereocenters. The van der Waals surface area contributed by atoms with Crippen LogP contribution in [0.2, 0.25) is 5.02 Å². The van der Waals surface area contributed by atoms with E-state index in [1.807, 2.05) is 31.2 Å². The van der Waals surface area contributed by atoms with Gasteiger partial charge in [-0.1, -0.05) is 30.7 Å². The van der Waals surface area contributed by atoms with Crippen molar-refractivity contribution in [3.63, 3.8) is 0 Å². The van der Waals surface area contributed by atoms with E-state index >= 15 is 0 Å². The Hall–Kier alpha value is -1.43. The lowest BCUT2D eigenvalue weighted by atomic mass is 9.90. The molecular weight excluding hydrogens is 322 g/mol. The molecule has 0 radical (unpaired) electrons. The molecule has 1 unspecified atom stereocenters. The second kappa shape index (κ2) is 5.99. The Kier molecular flexibility index (Phi) is 4.21. The number of aliphatic carboxylic acids is 1. The number of hydrogen-bond acceptors (Lipinski definition) is 4. The van der Waals surface area contributed by atoms with Crippen LogP contribution in [0.15, 0.2) is 24.3 Å². The van der Waals surface area contributed by atoms with Gasteiger partial charge in [-0.3, -0.25) is 4.79 Å². The largest absolute Gasteiger partial charge is 0.481 e. The fourth-order valence-corrected chi connectivity index (χ4v) is 4.22. The molecule has 1 aliphatic heterocycles. The molecule has 2 aromatic rings. The maximum Gasteiger partial charge on any atom is 0.306 e. The van der Waals surface area contributed by atoms with Gasteiger partial charge in [-0.25, -0.2) is 4.98 Å². The van der Waals surface area contributed by atoms with E-state index < -0.39 is 11.6 Å². The van der Waals surface area contributed by atoms with Crippen LogP contribution in [0.5, 0.6) is 0 Å². The van der Waals surface area contributed by atoms with Gasteiger partial charge in [0.1, 0.15) is 10.6 Å². The van der Waals surface area contributed by atoms with Gasteiger partial charge in [0.25, 0.3) is 0 Å². The fourth-order valence-electron chi connectivity index (χ4n) is 2.76. The molecule has 1 aromatic carbocycles. The van der Waals surface area contributed by atoms with E-state index in [-0.39, 0.29) is 6.42 Å². The average molecular weight is 338 g/mol. The van der Waals surface area contributed by atoms with Crippen molar-refractivity contribution in [2.75, 3.05) is 6.61 Å². The van der Waals surface area contributed by atoms with Crippen molar-refractivity contribution in [1.29, 1.82) is 0 Å². The molecule has 1 aliphatic rings. The molecule has 1 aromatic heterocycles. The molecule has 0 saturated heterocycles. The van der Waals surface area contributed by atoms with Gasteiger partial charge in [0.05, 0.1) is 23.6 Å². The van der Waals surface area contributed by atoms with E-state index in [9.17, 15) is 9.90 Å². The summed E-state index contributed by atoms with van der Waals surface area (Å²) in [6, 6.07) is 7.52. The molecule has 0 amide bonds. The summed E-state index contributed by atoms with van der Waals surface area (Å²) in [6.07, 6.45) is 1.31. The summed E-state index contributed by atoms with van der Waals surface area (Å²) in [7, 11) is 0. The molecule has 0 saturated carbocycles. The van der Waals surface area contributed by atoms with Crippen LogP contribution in [0.4, 0.5) is 0 Å². The Labute approximate surface area is 137 Å². The lowest BCUT2D eigenvalue weighted by Crippen LogP contribution is -2.36. The monoisotopic (exact) mass is 337 g/mol. The van der Waals surface area contributed by atoms with Crippen LogP contribution in [0.1, 0.15) is 30.3 Å². The number of rotatable bonds is 4. The number of aromatic nitrogens is 1. The highest BCUT2D eigenvalue weighted by atomic mass is 35.5. The van der Waals surface area contributed by atoms with E-state index in [1.165, 1.54) is 11.3 Å². The first-order valence-corrected chi connectivity index (χ1v) is 8.35. The van der Waals surface area contributed by atoms with Crippen molar-refractivity contribution in [3.8, 4) is 10.6 Å². The second-order valence-electron chi connectivity index (χ2n) is 5.32. The zero-order chi connectivity index (χ0) is 15.7. The van der Waals surface area contributed by atoms with Gasteiger partial charge in [-0.2, -0.15) is 0 Å². The predicted octanol–water partition coefficient (Wildman–Crippen LogP) is 4.12. The maximum absolute atomic E-state index is 11.2. The minimum absolute atomic E-state index is 0.0290. The van der Waals surface area contributed by atoms with Crippen molar-refractivity contribution in [3.05, 3.63) is 39.9 Å². The quantitative estimate of drug-likeness (QED) is 0.911. The number of nitrogens with zero attached hydrogens (tertiary/aromatic N) is 1. The van der Waals surface area contributed by atoms with Crippen LogP contribution in [0, 0.1) is 0 Å². The number of hydrogen-bond donors (Lipinski definition) is 1. The standard InChI is InChI=1S/C16H16ClNO3S/c1-2-16(9-13(19)20)14-12(7-8-21-16)18-15(22-14)10-3-5-11(17)6-4-10/h3-6H,2,7-9H2,1H3,(H,19,20). The third-order valence-electron chi connectivity index (χ3n) is 3.93. The highest BCUT2D eigenvalue weighted by Crippen LogP contribution is 2.44. The molecule has 4 nitrogen and oxygen atoms in total. The van der Waals surface area contributed by atoms with Gasteiger partial charge in [0.2, 0.25) is 0 Å². The normalized spacial score (nSPS) is 20.6. The highest BCUT2D eigenvalue weighted by molar-refractivity contribution is 7.15. The summed E-state index contributed by atoms with van der Waals surface area (Å²) in [5.74, 6) is -0.851. The first kappa shape index (κ1) is 15.5. The number of fused-ring (bicyclic) bond motifs is 1. The molecule has 0 aliphatic carbocycles. The molecule has 2 heterocycles. The molecule has 0 spiro atoms. The molecule has 3 rings (SSSR count). The number of carbonyl (C=O) groups is 1. The summed E-state index contributed by atoms with van der Waals surface area (Å²) in [6.45, 7) is 2.47. The molecule has 22 heavy (non-hydrogen) atoms. The van der Waals surface area contributed by atoms with Crippen molar-refractivity contribution >= 4 is 28.9 Å². The minimum atomic E-state index is -0.851. The Balaban J connectivity index is 2.04. The van der Waals surface area contributed by atoms with E-state index in [4.69, 9.17) is 21.3 Å². The topological polar surface area (TPSA) is 59.4 Å². The van der Waals surface area contributed by atoms with Crippen molar-refractivity contribution in [2.24, 2.45) is 0 Å². The minimum Gasteiger partial charge on any atom is -0.481 e. The maximum atomic E-state index is 11.2. The zero-order valence-corrected chi connectivity index (χ0v) is 13.7. The van der Waals surface area contributed by atoms with E-state index in [0.717, 1.165) is 27.6 Å². The molecule has 1 N–H and O–H groups in total. The van der Waals surface area contributed by atoms with Gasteiger partial charge in [-0.15, -0.1) is 11.3 Å². The molecular formula is C16H16ClNO3S. The van der Waals surface area contributed by atoms with Gasteiger partial charge >= 0.3 is 5.97 Å². The van der Waals surface area contributed by atoms with Gasteiger partial charge in [-0.05, 0) is 18.6 Å². The van der Waals surface area contributed by atoms with Crippen molar-refractivity contribution in [2.45, 2.75) is 31.8 Å². The molecule has 116 valence electrons. The number of ether oxygens (including phenoxy) is 1. The average Bonchev–Trinajstić information content (AvgIpc) is 2.93. The second-order valence-corrected chi connectivity index (χ2v) is 6.75. The Morgan fingerprint density at radius 1 is 1.45 bits per heavy atom. The van der Waals surface area contributed by atoms with Crippen molar-refractivity contribution in [1.82, 2.24) is 4.98 Å². The zero-order valence-electron chi connectivity index (χ0n) is 12.1. The first-order valence-electron chi connectivity index (χ1n) is 7.16. The highest BCUT2D eigenvalue weighted by Gasteiger charge is 2.41. The first-order chi connectivity index (χ1) is 10.5. The van der Waals surface area contributed by atoms with E-state index in [1.54, 1.807) is 0 Å². The number of carboxylic acids is 1. The van der Waals surface area contributed by atoms with Crippen LogP contribution < -0.4 is 0 Å². The Morgan fingerprint density at radius 3 is 2.82 bits per heavy atom. The predicted molar refractivity (Wildman–Crippen MR) is 86.4 cm³/mol. The summed E-state index contributed by atoms with van der Waals surface area (Å²) in [4.78, 5) is 16.9. The Morgan fingerprint density at radius 2 is 2.18 bits per heavy atom. The number of carboxylic acid groups (broad SMARTS) is 1.